The highest BCUT2D eigenvalue weighted by Crippen LogP contribution is 2.19. The van der Waals surface area contributed by atoms with Crippen molar-refractivity contribution < 1.29 is 9.53 Å². The fourth-order valence-corrected chi connectivity index (χ4v) is 4.10. The standard InChI is InChI=1S/C24H41N5O2/c1-5-8-23(30)28-21-11-9-19(10-12-21)17-26-24(25-4)27-18-22(20(6-2)7-3)29-13-15-31-16-14-29/h9-12,20,22H,5-8,13-18H2,1-4H3,(H,28,30)(H2,25,26,27). The molecule has 1 aliphatic heterocycles. The third-order valence-electron chi connectivity index (χ3n) is 5.98. The molecule has 1 unspecified atom stereocenters. The molecular weight excluding hydrogens is 390 g/mol. The third-order valence-corrected chi connectivity index (χ3v) is 5.98. The van der Waals surface area contributed by atoms with Crippen LogP contribution in [0.5, 0.6) is 0 Å². The topological polar surface area (TPSA) is 78.0 Å². The molecule has 1 saturated heterocycles. The largest absolute Gasteiger partial charge is 0.379 e. The van der Waals surface area contributed by atoms with Gasteiger partial charge in [-0.25, -0.2) is 0 Å². The van der Waals surface area contributed by atoms with Gasteiger partial charge in [0.2, 0.25) is 5.91 Å². The van der Waals surface area contributed by atoms with Crippen molar-refractivity contribution in [3.05, 3.63) is 29.8 Å². The van der Waals surface area contributed by atoms with E-state index in [2.05, 4.69) is 39.7 Å². The second kappa shape index (κ2) is 14.0. The Morgan fingerprint density at radius 2 is 1.77 bits per heavy atom. The first-order valence-electron chi connectivity index (χ1n) is 11.8. The lowest BCUT2D eigenvalue weighted by molar-refractivity contribution is -0.116. The summed E-state index contributed by atoms with van der Waals surface area (Å²) in [7, 11) is 1.81. The fraction of sp³-hybridized carbons (Fsp3) is 0.667. The SMILES string of the molecule is CCCC(=O)Nc1ccc(CNC(=NC)NCC(C(CC)CC)N2CCOCC2)cc1. The maximum Gasteiger partial charge on any atom is 0.224 e. The molecule has 0 radical (unpaired) electrons. The van der Waals surface area contributed by atoms with Gasteiger partial charge in [-0.1, -0.05) is 45.7 Å². The Kier molecular flexibility index (Phi) is 11.4. The average molecular weight is 432 g/mol. The average Bonchev–Trinajstić information content (AvgIpc) is 2.80. The summed E-state index contributed by atoms with van der Waals surface area (Å²) in [6, 6.07) is 8.43. The first kappa shape index (κ1) is 25.1. The van der Waals surface area contributed by atoms with E-state index in [4.69, 9.17) is 4.74 Å². The van der Waals surface area contributed by atoms with E-state index in [9.17, 15) is 4.79 Å². The summed E-state index contributed by atoms with van der Waals surface area (Å²) in [5, 5.41) is 9.87. The van der Waals surface area contributed by atoms with E-state index in [0.29, 0.717) is 24.9 Å². The molecule has 3 N–H and O–H groups in total. The second-order valence-electron chi connectivity index (χ2n) is 8.09. The lowest BCUT2D eigenvalue weighted by Crippen LogP contribution is -2.53. The van der Waals surface area contributed by atoms with Gasteiger partial charge >= 0.3 is 0 Å². The maximum absolute atomic E-state index is 11.7. The monoisotopic (exact) mass is 431 g/mol. The molecular formula is C24H41N5O2. The van der Waals surface area contributed by atoms with Gasteiger partial charge in [0, 0.05) is 51.4 Å². The summed E-state index contributed by atoms with van der Waals surface area (Å²) in [5.41, 5.74) is 1.98. The summed E-state index contributed by atoms with van der Waals surface area (Å²) in [5.74, 6) is 1.52. The normalized spacial score (nSPS) is 16.2. The number of guanidine groups is 1. The molecule has 1 atom stereocenters. The van der Waals surface area contributed by atoms with Crippen LogP contribution in [0.3, 0.4) is 0 Å². The Morgan fingerprint density at radius 1 is 1.10 bits per heavy atom. The molecule has 0 bridgehead atoms. The van der Waals surface area contributed by atoms with Crippen molar-refractivity contribution in [1.82, 2.24) is 15.5 Å². The van der Waals surface area contributed by atoms with Crippen LogP contribution in [0.25, 0.3) is 0 Å². The minimum Gasteiger partial charge on any atom is -0.379 e. The Hall–Kier alpha value is -2.12. The third kappa shape index (κ3) is 8.50. The van der Waals surface area contributed by atoms with Gasteiger partial charge in [0.25, 0.3) is 0 Å². The number of nitrogens with one attached hydrogen (secondary N) is 3. The molecule has 1 aliphatic rings. The van der Waals surface area contributed by atoms with Crippen LogP contribution in [0.15, 0.2) is 29.3 Å². The van der Waals surface area contributed by atoms with Gasteiger partial charge in [-0.2, -0.15) is 0 Å². The number of hydrogen-bond donors (Lipinski definition) is 3. The highest BCUT2D eigenvalue weighted by atomic mass is 16.5. The second-order valence-corrected chi connectivity index (χ2v) is 8.09. The molecule has 0 aliphatic carbocycles. The molecule has 7 nitrogen and oxygen atoms in total. The van der Waals surface area contributed by atoms with E-state index in [-0.39, 0.29) is 5.91 Å². The predicted molar refractivity (Wildman–Crippen MR) is 128 cm³/mol. The zero-order valence-electron chi connectivity index (χ0n) is 19.7. The van der Waals surface area contributed by atoms with E-state index in [1.807, 2.05) is 38.2 Å². The minimum atomic E-state index is 0.0604. The summed E-state index contributed by atoms with van der Waals surface area (Å²) in [6.45, 7) is 11.7. The first-order valence-corrected chi connectivity index (χ1v) is 11.8. The molecule has 1 aromatic rings. The van der Waals surface area contributed by atoms with Gasteiger partial charge in [0.15, 0.2) is 5.96 Å². The maximum atomic E-state index is 11.7. The number of aliphatic imine (C=N–C) groups is 1. The number of carbonyl (C=O) groups is 1. The van der Waals surface area contributed by atoms with Crippen molar-refractivity contribution in [3.63, 3.8) is 0 Å². The van der Waals surface area contributed by atoms with Gasteiger partial charge in [0.05, 0.1) is 13.2 Å². The quantitative estimate of drug-likeness (QED) is 0.370. The van der Waals surface area contributed by atoms with Crippen LogP contribution in [0, 0.1) is 5.92 Å². The molecule has 0 spiro atoms. The zero-order valence-corrected chi connectivity index (χ0v) is 19.7. The van der Waals surface area contributed by atoms with Gasteiger partial charge in [-0.3, -0.25) is 14.7 Å². The molecule has 1 heterocycles. The highest BCUT2D eigenvalue weighted by molar-refractivity contribution is 5.90. The highest BCUT2D eigenvalue weighted by Gasteiger charge is 2.26. The Labute approximate surface area is 188 Å². The molecule has 174 valence electrons. The number of benzene rings is 1. The predicted octanol–water partition coefficient (Wildman–Crippen LogP) is 3.23. The van der Waals surface area contributed by atoms with Crippen LogP contribution in [-0.4, -0.2) is 62.7 Å². The summed E-state index contributed by atoms with van der Waals surface area (Å²) in [4.78, 5) is 18.7. The Bertz CT molecular complexity index is 667. The molecule has 1 aromatic carbocycles. The van der Waals surface area contributed by atoms with E-state index in [1.165, 1.54) is 12.8 Å². The number of amides is 1. The number of hydrogen-bond acceptors (Lipinski definition) is 4. The molecule has 0 saturated carbocycles. The summed E-state index contributed by atoms with van der Waals surface area (Å²) < 4.78 is 5.55. The van der Waals surface area contributed by atoms with Crippen molar-refractivity contribution in [3.8, 4) is 0 Å². The summed E-state index contributed by atoms with van der Waals surface area (Å²) in [6.07, 6.45) is 3.75. The van der Waals surface area contributed by atoms with Gasteiger partial charge in [-0.15, -0.1) is 0 Å². The van der Waals surface area contributed by atoms with Gasteiger partial charge in [-0.05, 0) is 30.0 Å². The minimum absolute atomic E-state index is 0.0604. The van der Waals surface area contributed by atoms with Crippen molar-refractivity contribution in [2.24, 2.45) is 10.9 Å². The van der Waals surface area contributed by atoms with Crippen molar-refractivity contribution in [2.75, 3.05) is 45.2 Å². The molecule has 2 rings (SSSR count). The van der Waals surface area contributed by atoms with Crippen molar-refractivity contribution >= 4 is 17.6 Å². The molecule has 1 fully saturated rings. The Balaban J connectivity index is 1.86. The number of ether oxygens (including phenoxy) is 1. The Morgan fingerprint density at radius 3 is 2.35 bits per heavy atom. The van der Waals surface area contributed by atoms with Crippen LogP contribution < -0.4 is 16.0 Å². The van der Waals surface area contributed by atoms with Crippen LogP contribution in [-0.2, 0) is 16.1 Å². The van der Waals surface area contributed by atoms with E-state index < -0.39 is 0 Å². The lowest BCUT2D eigenvalue weighted by Gasteiger charge is -2.39. The molecule has 31 heavy (non-hydrogen) atoms. The molecule has 7 heteroatoms. The molecule has 1 amide bonds. The first-order chi connectivity index (χ1) is 15.1. The van der Waals surface area contributed by atoms with Gasteiger partial charge < -0.3 is 20.7 Å². The summed E-state index contributed by atoms with van der Waals surface area (Å²) >= 11 is 0. The number of anilines is 1. The van der Waals surface area contributed by atoms with E-state index >= 15 is 0 Å². The smallest absolute Gasteiger partial charge is 0.224 e. The number of nitrogens with zero attached hydrogens (tertiary/aromatic N) is 2. The fourth-order valence-electron chi connectivity index (χ4n) is 4.10. The number of morpholine rings is 1. The zero-order chi connectivity index (χ0) is 22.5. The van der Waals surface area contributed by atoms with E-state index in [1.54, 1.807) is 0 Å². The lowest BCUT2D eigenvalue weighted by atomic mass is 9.92. The number of rotatable bonds is 11. The van der Waals surface area contributed by atoms with Crippen molar-refractivity contribution in [2.45, 2.75) is 59.0 Å². The van der Waals surface area contributed by atoms with E-state index in [0.717, 1.165) is 56.5 Å². The van der Waals surface area contributed by atoms with Crippen LogP contribution in [0.2, 0.25) is 0 Å². The van der Waals surface area contributed by atoms with Crippen LogP contribution in [0.4, 0.5) is 5.69 Å². The van der Waals surface area contributed by atoms with Crippen molar-refractivity contribution in [1.29, 1.82) is 0 Å². The molecule has 0 aromatic heterocycles. The van der Waals surface area contributed by atoms with Crippen LogP contribution >= 0.6 is 0 Å². The van der Waals surface area contributed by atoms with Crippen LogP contribution in [0.1, 0.15) is 52.0 Å². The number of carbonyl (C=O) groups excluding carboxylic acids is 1. The van der Waals surface area contributed by atoms with Gasteiger partial charge in [0.1, 0.15) is 0 Å².